The van der Waals surface area contributed by atoms with E-state index in [1.165, 1.54) is 38.3 Å². The molecule has 0 atom stereocenters. The van der Waals surface area contributed by atoms with Crippen LogP contribution in [0, 0.1) is 21.4 Å². The molecule has 0 radical (unpaired) electrons. The van der Waals surface area contributed by atoms with Crippen LogP contribution in [-0.2, 0) is 20.7 Å². The molecule has 6 aromatic carbocycles. The molecule has 2 N–H and O–H groups in total. The molecule has 69 heavy (non-hydrogen) atoms. The highest BCUT2D eigenvalue weighted by molar-refractivity contribution is 5.95. The van der Waals surface area contributed by atoms with Gasteiger partial charge in [0.05, 0.1) is 40.9 Å². The number of carboxylic acids is 1. The minimum Gasteiger partial charge on any atom is -0.478 e. The molecule has 0 unspecified atom stereocenters. The third kappa shape index (κ3) is 13.6. The van der Waals surface area contributed by atoms with Gasteiger partial charge in [-0.05, 0) is 137 Å². The fourth-order valence-electron chi connectivity index (χ4n) is 6.96. The zero-order chi connectivity index (χ0) is 49.3. The fourth-order valence-corrected chi connectivity index (χ4v) is 6.96. The molecule has 0 fully saturated rings. The van der Waals surface area contributed by atoms with Gasteiger partial charge in [-0.15, -0.1) is 5.73 Å². The number of amides is 1. The number of nitro benzene ring substituents is 1. The average molecular weight is 916 g/mol. The summed E-state index contributed by atoms with van der Waals surface area (Å²) in [5.41, 5.74) is 11.8. The van der Waals surface area contributed by atoms with Crippen molar-refractivity contribution in [2.45, 2.75) is 20.3 Å². The number of esters is 2. The predicted octanol–water partition coefficient (Wildman–Crippen LogP) is 12.1. The SMILES string of the molecule is CCOC(=O)c1ccc(CC=C=C(/C=C/c2ccc(C(=O)OC)cc2)c2cc(/C=C/c3ccc(NC(C)=O)cc3)c(C#N)c(/C=C/c3ccc([N+](=O)[O-])cc3)c2/C=C/c2ccc(C(=O)O)cc2)cc1. The standard InChI is InChI=1S/C57H45N3O9/c1-4-69-57(65)47-27-11-39(12-28-47)6-5-7-44(22-8-40-13-25-46(26-14-40)56(64)68-3)53-36-48(29-15-42-16-30-49(31-17-42)59-38(2)61)54(37-58)52(35-21-43-18-32-50(33-19-43)60(66)67)51(53)34-20-41-9-23-45(24-10-41)55(62)63/h5,8-36H,4,6H2,1-3H3,(H,59,61)(H,62,63)/b22-8+,29-15+,34-20+,35-21+. The van der Waals surface area contributed by atoms with Crippen LogP contribution in [0.25, 0.3) is 48.1 Å². The number of allylic oxidation sites excluding steroid dienone is 2. The normalized spacial score (nSPS) is 11.0. The van der Waals surface area contributed by atoms with Crippen molar-refractivity contribution in [3.63, 3.8) is 0 Å². The molecule has 0 aliphatic rings. The van der Waals surface area contributed by atoms with Crippen molar-refractivity contribution < 1.29 is 38.7 Å². The molecule has 12 nitrogen and oxygen atoms in total. The predicted molar refractivity (Wildman–Crippen MR) is 270 cm³/mol. The third-order valence-corrected chi connectivity index (χ3v) is 10.5. The van der Waals surface area contributed by atoms with Crippen LogP contribution in [0.15, 0.2) is 145 Å². The van der Waals surface area contributed by atoms with Gasteiger partial charge in [-0.25, -0.2) is 14.4 Å². The Morgan fingerprint density at radius 2 is 1.22 bits per heavy atom. The molecule has 6 aromatic rings. The number of aromatic carboxylic acids is 1. The van der Waals surface area contributed by atoms with E-state index < -0.39 is 22.8 Å². The lowest BCUT2D eigenvalue weighted by molar-refractivity contribution is -0.384. The minimum absolute atomic E-state index is 0.0786. The number of hydrogen-bond acceptors (Lipinski definition) is 9. The number of rotatable bonds is 17. The van der Waals surface area contributed by atoms with Crippen molar-refractivity contribution in [3.8, 4) is 6.07 Å². The number of nitro groups is 1. The number of non-ortho nitro benzene ring substituents is 1. The third-order valence-electron chi connectivity index (χ3n) is 10.5. The first-order valence-electron chi connectivity index (χ1n) is 21.5. The molecular formula is C57H45N3O9. The summed E-state index contributed by atoms with van der Waals surface area (Å²) in [6, 6.07) is 37.8. The summed E-state index contributed by atoms with van der Waals surface area (Å²) in [7, 11) is 1.31. The molecule has 12 heteroatoms. The number of nitrogens with zero attached hydrogens (tertiary/aromatic N) is 2. The molecule has 0 heterocycles. The number of anilines is 1. The van der Waals surface area contributed by atoms with Crippen LogP contribution in [0.5, 0.6) is 0 Å². The van der Waals surface area contributed by atoms with Gasteiger partial charge in [-0.2, -0.15) is 5.26 Å². The summed E-state index contributed by atoms with van der Waals surface area (Å²) >= 11 is 0. The van der Waals surface area contributed by atoms with Gasteiger partial charge < -0.3 is 19.9 Å². The van der Waals surface area contributed by atoms with Gasteiger partial charge >= 0.3 is 17.9 Å². The molecule has 0 aromatic heterocycles. The van der Waals surface area contributed by atoms with E-state index in [0.717, 1.165) is 16.7 Å². The second-order valence-electron chi connectivity index (χ2n) is 15.2. The Labute approximate surface area is 399 Å². The Balaban J connectivity index is 1.61. The molecular weight excluding hydrogens is 871 g/mol. The van der Waals surface area contributed by atoms with Gasteiger partial charge in [-0.3, -0.25) is 14.9 Å². The minimum atomic E-state index is -1.07. The molecule has 0 aliphatic heterocycles. The highest BCUT2D eigenvalue weighted by atomic mass is 16.6. The summed E-state index contributed by atoms with van der Waals surface area (Å²) < 4.78 is 10.0. The molecule has 0 saturated carbocycles. The number of methoxy groups -OCH3 is 1. The largest absolute Gasteiger partial charge is 0.478 e. The Hall–Kier alpha value is -9.43. The Bertz CT molecular complexity index is 3110. The van der Waals surface area contributed by atoms with Crippen LogP contribution in [0.3, 0.4) is 0 Å². The second kappa shape index (κ2) is 23.7. The number of ether oxygens (including phenoxy) is 2. The number of benzene rings is 6. The van der Waals surface area contributed by atoms with Crippen LogP contribution >= 0.6 is 0 Å². The smallest absolute Gasteiger partial charge is 0.338 e. The molecule has 6 rings (SSSR count). The first kappa shape index (κ1) is 49.0. The summed E-state index contributed by atoms with van der Waals surface area (Å²) in [6.45, 7) is 3.42. The van der Waals surface area contributed by atoms with E-state index in [1.54, 1.807) is 91.9 Å². The van der Waals surface area contributed by atoms with E-state index in [1.807, 2.05) is 72.9 Å². The van der Waals surface area contributed by atoms with Crippen molar-refractivity contribution >= 4 is 83.3 Å². The van der Waals surface area contributed by atoms with Crippen LogP contribution in [0.1, 0.15) is 101 Å². The van der Waals surface area contributed by atoms with Crippen LogP contribution in [0.4, 0.5) is 11.4 Å². The van der Waals surface area contributed by atoms with E-state index >= 15 is 0 Å². The number of carboxylic acid groups (broad SMARTS) is 1. The average Bonchev–Trinajstić information content (AvgIpc) is 3.36. The highest BCUT2D eigenvalue weighted by Gasteiger charge is 2.17. The molecule has 0 aliphatic carbocycles. The van der Waals surface area contributed by atoms with Gasteiger partial charge in [0.25, 0.3) is 5.69 Å². The lowest BCUT2D eigenvalue weighted by atomic mass is 9.87. The Kier molecular flexibility index (Phi) is 16.8. The monoisotopic (exact) mass is 915 g/mol. The van der Waals surface area contributed by atoms with Crippen LogP contribution < -0.4 is 5.32 Å². The van der Waals surface area contributed by atoms with E-state index in [-0.39, 0.29) is 23.8 Å². The number of carbonyl (C=O) groups excluding carboxylic acids is 3. The number of carbonyl (C=O) groups is 4. The number of nitrogens with one attached hydrogen (secondary N) is 1. The molecule has 0 spiro atoms. The van der Waals surface area contributed by atoms with Crippen molar-refractivity contribution in [1.82, 2.24) is 0 Å². The molecule has 1 amide bonds. The van der Waals surface area contributed by atoms with Gasteiger partial charge in [0.1, 0.15) is 6.07 Å². The second-order valence-corrected chi connectivity index (χ2v) is 15.2. The van der Waals surface area contributed by atoms with Gasteiger partial charge in [0.2, 0.25) is 5.91 Å². The summed E-state index contributed by atoms with van der Waals surface area (Å²) in [5, 5.41) is 34.8. The van der Waals surface area contributed by atoms with Crippen LogP contribution in [0.2, 0.25) is 0 Å². The zero-order valence-corrected chi connectivity index (χ0v) is 37.8. The fraction of sp³-hybridized carbons (Fsp3) is 0.0877. The molecule has 0 saturated heterocycles. The molecule has 0 bridgehead atoms. The van der Waals surface area contributed by atoms with E-state index in [4.69, 9.17) is 9.47 Å². The lowest BCUT2D eigenvalue weighted by Crippen LogP contribution is -2.05. The van der Waals surface area contributed by atoms with Crippen molar-refractivity contribution in [1.29, 1.82) is 5.26 Å². The van der Waals surface area contributed by atoms with E-state index in [2.05, 4.69) is 17.1 Å². The van der Waals surface area contributed by atoms with Crippen molar-refractivity contribution in [2.24, 2.45) is 0 Å². The zero-order valence-electron chi connectivity index (χ0n) is 37.8. The first-order chi connectivity index (χ1) is 33.3. The van der Waals surface area contributed by atoms with Crippen molar-refractivity contribution in [3.05, 3.63) is 228 Å². The Morgan fingerprint density at radius 1 is 0.696 bits per heavy atom. The quantitative estimate of drug-likeness (QED) is 0.0223. The first-order valence-corrected chi connectivity index (χ1v) is 21.5. The maximum Gasteiger partial charge on any atom is 0.338 e. The van der Waals surface area contributed by atoms with E-state index in [9.17, 15) is 39.7 Å². The van der Waals surface area contributed by atoms with E-state index in [0.29, 0.717) is 67.8 Å². The van der Waals surface area contributed by atoms with Gasteiger partial charge in [-0.1, -0.05) is 91.1 Å². The summed E-state index contributed by atoms with van der Waals surface area (Å²) in [5.74, 6) is -2.17. The van der Waals surface area contributed by atoms with Gasteiger partial charge in [0.15, 0.2) is 0 Å². The topological polar surface area (TPSA) is 186 Å². The van der Waals surface area contributed by atoms with Gasteiger partial charge in [0, 0.05) is 35.9 Å². The number of nitriles is 1. The highest BCUT2D eigenvalue weighted by Crippen LogP contribution is 2.34. The summed E-state index contributed by atoms with van der Waals surface area (Å²) in [4.78, 5) is 59.0. The maximum absolute atomic E-state index is 12.4. The maximum atomic E-state index is 12.4. The molecule has 342 valence electrons. The van der Waals surface area contributed by atoms with Crippen LogP contribution in [-0.4, -0.2) is 47.6 Å². The lowest BCUT2D eigenvalue weighted by Gasteiger charge is -2.15. The Morgan fingerprint density at radius 3 is 1.77 bits per heavy atom. The summed E-state index contributed by atoms with van der Waals surface area (Å²) in [6.07, 6.45) is 16.8. The number of hydrogen-bond donors (Lipinski definition) is 2. The van der Waals surface area contributed by atoms with Crippen molar-refractivity contribution in [2.75, 3.05) is 19.0 Å².